The van der Waals surface area contributed by atoms with E-state index in [1.54, 1.807) is 12.1 Å². The molecular weight excluding hydrogens is 271 g/mol. The molecule has 1 aromatic rings. The minimum atomic E-state index is -1.10. The van der Waals surface area contributed by atoms with Crippen molar-refractivity contribution in [1.29, 1.82) is 0 Å². The average molecular weight is 282 g/mol. The van der Waals surface area contributed by atoms with Crippen molar-refractivity contribution in [2.24, 2.45) is 0 Å². The van der Waals surface area contributed by atoms with Gasteiger partial charge in [-0.05, 0) is 6.07 Å². The van der Waals surface area contributed by atoms with Gasteiger partial charge < -0.3 is 15.3 Å². The summed E-state index contributed by atoms with van der Waals surface area (Å²) in [6, 6.07) is 4.53. The smallest absolute Gasteiger partial charge is 0.134 e. The van der Waals surface area contributed by atoms with Crippen molar-refractivity contribution in [3.63, 3.8) is 0 Å². The van der Waals surface area contributed by atoms with Crippen LogP contribution in [0.2, 0.25) is 5.02 Å². The molecule has 0 aliphatic carbocycles. The predicted molar refractivity (Wildman–Crippen MR) is 57.9 cm³/mol. The number of aromatic hydroxyl groups is 1. The lowest BCUT2D eigenvalue weighted by molar-refractivity contribution is 0.0342. The first-order valence-electron chi connectivity index (χ1n) is 3.97. The number of phenols is 1. The second-order valence-electron chi connectivity index (χ2n) is 2.85. The third-order valence-corrected chi connectivity index (χ3v) is 2.92. The summed E-state index contributed by atoms with van der Waals surface area (Å²) in [6.45, 7) is 0. The monoisotopic (exact) mass is 280 g/mol. The second kappa shape index (κ2) is 4.98. The van der Waals surface area contributed by atoms with Gasteiger partial charge in [-0.1, -0.05) is 39.7 Å². The number of alkyl halides is 1. The molecule has 0 radical (unpaired) electrons. The van der Waals surface area contributed by atoms with Crippen LogP contribution in [0, 0.1) is 0 Å². The zero-order valence-electron chi connectivity index (χ0n) is 7.19. The molecule has 0 aromatic heterocycles. The van der Waals surface area contributed by atoms with E-state index < -0.39 is 12.2 Å². The molecule has 0 bridgehead atoms. The molecule has 78 valence electrons. The first-order chi connectivity index (χ1) is 6.57. The van der Waals surface area contributed by atoms with Gasteiger partial charge in [-0.25, -0.2) is 0 Å². The molecule has 3 N–H and O–H groups in total. The first-order valence-corrected chi connectivity index (χ1v) is 5.47. The lowest BCUT2D eigenvalue weighted by atomic mass is 10.1. The van der Waals surface area contributed by atoms with Gasteiger partial charge in [-0.3, -0.25) is 0 Å². The Morgan fingerprint density at radius 1 is 1.36 bits per heavy atom. The number of phenolic OH excluding ortho intramolecular Hbond substituents is 1. The van der Waals surface area contributed by atoms with Crippen molar-refractivity contribution in [2.45, 2.75) is 12.2 Å². The Kier molecular flexibility index (Phi) is 4.19. The standard InChI is InChI=1S/C9H10BrClO3/c10-4-7(13)9(14)5-2-1-3-6(12)8(5)11/h1-3,7,9,12-14H,4H2. The van der Waals surface area contributed by atoms with Crippen LogP contribution in [0.15, 0.2) is 18.2 Å². The fourth-order valence-electron chi connectivity index (χ4n) is 1.06. The Labute approximate surface area is 95.1 Å². The highest BCUT2D eigenvalue weighted by molar-refractivity contribution is 9.09. The highest BCUT2D eigenvalue weighted by atomic mass is 79.9. The van der Waals surface area contributed by atoms with Crippen LogP contribution in [0.1, 0.15) is 11.7 Å². The number of halogens is 2. The second-order valence-corrected chi connectivity index (χ2v) is 3.87. The first kappa shape index (κ1) is 11.8. The van der Waals surface area contributed by atoms with Gasteiger partial charge in [0.05, 0.1) is 11.1 Å². The van der Waals surface area contributed by atoms with E-state index in [1.165, 1.54) is 6.07 Å². The molecule has 14 heavy (non-hydrogen) atoms. The van der Waals surface area contributed by atoms with Crippen molar-refractivity contribution in [2.75, 3.05) is 5.33 Å². The summed E-state index contributed by atoms with van der Waals surface area (Å²) in [7, 11) is 0. The Morgan fingerprint density at radius 2 is 2.00 bits per heavy atom. The van der Waals surface area contributed by atoms with Crippen LogP contribution in [0.5, 0.6) is 5.75 Å². The Hall–Kier alpha value is -0.290. The summed E-state index contributed by atoms with van der Waals surface area (Å²) < 4.78 is 0. The van der Waals surface area contributed by atoms with E-state index in [1.807, 2.05) is 0 Å². The third kappa shape index (κ3) is 2.39. The van der Waals surface area contributed by atoms with Crippen LogP contribution in [0.25, 0.3) is 0 Å². The Bertz CT molecular complexity index is 319. The van der Waals surface area contributed by atoms with Gasteiger partial charge in [-0.15, -0.1) is 0 Å². The Balaban J connectivity index is 3.01. The molecule has 2 atom stereocenters. The lowest BCUT2D eigenvalue weighted by Gasteiger charge is -2.17. The molecule has 0 saturated heterocycles. The fourth-order valence-corrected chi connectivity index (χ4v) is 1.65. The van der Waals surface area contributed by atoms with E-state index in [0.717, 1.165) is 0 Å². The molecule has 0 amide bonds. The molecule has 0 aliphatic rings. The molecule has 5 heteroatoms. The minimum absolute atomic E-state index is 0.0694. The SMILES string of the molecule is Oc1cccc(C(O)C(O)CBr)c1Cl. The van der Waals surface area contributed by atoms with E-state index in [-0.39, 0.29) is 16.1 Å². The normalized spacial score (nSPS) is 15.1. The van der Waals surface area contributed by atoms with E-state index in [0.29, 0.717) is 5.56 Å². The highest BCUT2D eigenvalue weighted by Crippen LogP contribution is 2.32. The minimum Gasteiger partial charge on any atom is -0.506 e. The summed E-state index contributed by atoms with van der Waals surface area (Å²) in [4.78, 5) is 0. The summed E-state index contributed by atoms with van der Waals surface area (Å²) in [5.74, 6) is -0.106. The van der Waals surface area contributed by atoms with Gasteiger partial charge in [-0.2, -0.15) is 0 Å². The van der Waals surface area contributed by atoms with Crippen LogP contribution in [0.3, 0.4) is 0 Å². The topological polar surface area (TPSA) is 60.7 Å². The van der Waals surface area contributed by atoms with Crippen molar-refractivity contribution < 1.29 is 15.3 Å². The van der Waals surface area contributed by atoms with Crippen molar-refractivity contribution in [1.82, 2.24) is 0 Å². The van der Waals surface area contributed by atoms with Crippen LogP contribution < -0.4 is 0 Å². The molecular formula is C9H10BrClO3. The van der Waals surface area contributed by atoms with Crippen LogP contribution in [-0.4, -0.2) is 26.8 Å². The van der Waals surface area contributed by atoms with E-state index in [4.69, 9.17) is 11.6 Å². The van der Waals surface area contributed by atoms with Gasteiger partial charge in [0.15, 0.2) is 0 Å². The molecule has 0 saturated carbocycles. The number of hydrogen-bond donors (Lipinski definition) is 3. The molecule has 2 unspecified atom stereocenters. The molecule has 0 fully saturated rings. The van der Waals surface area contributed by atoms with Gasteiger partial charge in [0, 0.05) is 10.9 Å². The summed E-state index contributed by atoms with van der Waals surface area (Å²) in [5, 5.41) is 28.5. The number of aliphatic hydroxyl groups excluding tert-OH is 2. The number of benzene rings is 1. The summed E-state index contributed by atoms with van der Waals surface area (Å²) in [6.07, 6.45) is -2.05. The van der Waals surface area contributed by atoms with Crippen molar-refractivity contribution in [3.05, 3.63) is 28.8 Å². The Morgan fingerprint density at radius 3 is 2.57 bits per heavy atom. The molecule has 0 aliphatic heterocycles. The van der Waals surface area contributed by atoms with Gasteiger partial charge in [0.25, 0.3) is 0 Å². The van der Waals surface area contributed by atoms with E-state index in [2.05, 4.69) is 15.9 Å². The van der Waals surface area contributed by atoms with Crippen LogP contribution >= 0.6 is 27.5 Å². The maximum Gasteiger partial charge on any atom is 0.134 e. The predicted octanol–water partition coefficient (Wildman–Crippen LogP) is 1.83. The lowest BCUT2D eigenvalue weighted by Crippen LogP contribution is -2.19. The van der Waals surface area contributed by atoms with Gasteiger partial charge in [0.2, 0.25) is 0 Å². The molecule has 1 aromatic carbocycles. The highest BCUT2D eigenvalue weighted by Gasteiger charge is 2.20. The zero-order valence-corrected chi connectivity index (χ0v) is 9.53. The third-order valence-electron chi connectivity index (χ3n) is 1.85. The average Bonchev–Trinajstić information content (AvgIpc) is 2.20. The van der Waals surface area contributed by atoms with Crippen LogP contribution in [0.4, 0.5) is 0 Å². The molecule has 0 heterocycles. The number of aliphatic hydroxyl groups is 2. The maximum absolute atomic E-state index is 9.62. The fraction of sp³-hybridized carbons (Fsp3) is 0.333. The molecule has 3 nitrogen and oxygen atoms in total. The summed E-state index contributed by atoms with van der Waals surface area (Å²) in [5.41, 5.74) is 0.318. The maximum atomic E-state index is 9.62. The summed E-state index contributed by atoms with van der Waals surface area (Å²) >= 11 is 8.79. The van der Waals surface area contributed by atoms with Crippen molar-refractivity contribution >= 4 is 27.5 Å². The van der Waals surface area contributed by atoms with Crippen molar-refractivity contribution in [3.8, 4) is 5.75 Å². The van der Waals surface area contributed by atoms with Crippen LogP contribution in [-0.2, 0) is 0 Å². The zero-order chi connectivity index (χ0) is 10.7. The quantitative estimate of drug-likeness (QED) is 0.741. The largest absolute Gasteiger partial charge is 0.506 e. The van der Waals surface area contributed by atoms with Gasteiger partial charge >= 0.3 is 0 Å². The van der Waals surface area contributed by atoms with Gasteiger partial charge in [0.1, 0.15) is 11.9 Å². The number of hydrogen-bond acceptors (Lipinski definition) is 3. The van der Waals surface area contributed by atoms with E-state index >= 15 is 0 Å². The molecule has 1 rings (SSSR count). The molecule has 0 spiro atoms. The number of rotatable bonds is 3. The van der Waals surface area contributed by atoms with E-state index in [9.17, 15) is 15.3 Å².